The Morgan fingerprint density at radius 1 is 1.09 bits per heavy atom. The minimum Gasteiger partial charge on any atom is -0.493 e. The molecule has 126 valence electrons. The van der Waals surface area contributed by atoms with E-state index in [0.29, 0.717) is 13.2 Å². The number of ether oxygens (including phenoxy) is 3. The summed E-state index contributed by atoms with van der Waals surface area (Å²) in [6.45, 7) is 10.4. The first-order valence-electron chi connectivity index (χ1n) is 7.97. The van der Waals surface area contributed by atoms with E-state index in [4.69, 9.17) is 14.2 Å². The van der Waals surface area contributed by atoms with Gasteiger partial charge in [-0.05, 0) is 19.2 Å². The van der Waals surface area contributed by atoms with Crippen LogP contribution in [-0.4, -0.2) is 58.5 Å². The summed E-state index contributed by atoms with van der Waals surface area (Å²) in [6, 6.07) is 5.97. The second-order valence-electron chi connectivity index (χ2n) is 4.99. The van der Waals surface area contributed by atoms with Gasteiger partial charge in [-0.3, -0.25) is 0 Å². The SMILES string of the molecule is CCN(CC)CCNCc1cccc(OC)c1OCCOC. The molecule has 0 aliphatic rings. The lowest BCUT2D eigenvalue weighted by Gasteiger charge is -2.19. The molecule has 0 fully saturated rings. The smallest absolute Gasteiger partial charge is 0.165 e. The molecule has 22 heavy (non-hydrogen) atoms. The van der Waals surface area contributed by atoms with E-state index >= 15 is 0 Å². The van der Waals surface area contributed by atoms with Crippen molar-refractivity contribution < 1.29 is 14.2 Å². The van der Waals surface area contributed by atoms with Crippen molar-refractivity contribution in [3.05, 3.63) is 23.8 Å². The zero-order valence-corrected chi connectivity index (χ0v) is 14.4. The van der Waals surface area contributed by atoms with Crippen LogP contribution in [0.5, 0.6) is 11.5 Å². The van der Waals surface area contributed by atoms with Crippen LogP contribution in [-0.2, 0) is 11.3 Å². The Balaban J connectivity index is 2.57. The van der Waals surface area contributed by atoms with Crippen LogP contribution in [0.3, 0.4) is 0 Å². The topological polar surface area (TPSA) is 43.0 Å². The molecule has 0 aliphatic heterocycles. The van der Waals surface area contributed by atoms with Crippen LogP contribution >= 0.6 is 0 Å². The van der Waals surface area contributed by atoms with Crippen LogP contribution < -0.4 is 14.8 Å². The predicted molar refractivity (Wildman–Crippen MR) is 89.9 cm³/mol. The van der Waals surface area contributed by atoms with Gasteiger partial charge in [-0.2, -0.15) is 0 Å². The molecule has 0 amide bonds. The third kappa shape index (κ3) is 6.22. The monoisotopic (exact) mass is 310 g/mol. The fraction of sp³-hybridized carbons (Fsp3) is 0.647. The van der Waals surface area contributed by atoms with Crippen LogP contribution in [0.25, 0.3) is 0 Å². The third-order valence-corrected chi connectivity index (χ3v) is 3.63. The van der Waals surface area contributed by atoms with Crippen LogP contribution in [0, 0.1) is 0 Å². The summed E-state index contributed by atoms with van der Waals surface area (Å²) < 4.78 is 16.3. The Kier molecular flexibility index (Phi) is 9.62. The molecule has 0 unspecified atom stereocenters. The van der Waals surface area contributed by atoms with Gasteiger partial charge in [0.2, 0.25) is 0 Å². The second-order valence-corrected chi connectivity index (χ2v) is 4.99. The molecular weight excluding hydrogens is 280 g/mol. The molecule has 5 nitrogen and oxygen atoms in total. The lowest BCUT2D eigenvalue weighted by molar-refractivity contribution is 0.143. The minimum atomic E-state index is 0.517. The number of rotatable bonds is 12. The van der Waals surface area contributed by atoms with Gasteiger partial charge < -0.3 is 24.4 Å². The summed E-state index contributed by atoms with van der Waals surface area (Å²) in [4.78, 5) is 2.40. The van der Waals surface area contributed by atoms with Gasteiger partial charge in [0.25, 0.3) is 0 Å². The molecule has 1 N–H and O–H groups in total. The van der Waals surface area contributed by atoms with Gasteiger partial charge in [0.05, 0.1) is 13.7 Å². The van der Waals surface area contributed by atoms with Gasteiger partial charge in [0, 0.05) is 32.3 Å². The van der Waals surface area contributed by atoms with Crippen molar-refractivity contribution in [1.82, 2.24) is 10.2 Å². The van der Waals surface area contributed by atoms with Gasteiger partial charge in [0.1, 0.15) is 6.61 Å². The molecule has 0 heterocycles. The molecule has 0 spiro atoms. The van der Waals surface area contributed by atoms with Crippen LogP contribution in [0.1, 0.15) is 19.4 Å². The van der Waals surface area contributed by atoms with E-state index in [1.165, 1.54) is 0 Å². The number of hydrogen-bond acceptors (Lipinski definition) is 5. The van der Waals surface area contributed by atoms with Crippen molar-refractivity contribution in [2.45, 2.75) is 20.4 Å². The summed E-state index contributed by atoms with van der Waals surface area (Å²) in [6.07, 6.45) is 0. The van der Waals surface area contributed by atoms with E-state index in [1.54, 1.807) is 14.2 Å². The van der Waals surface area contributed by atoms with Gasteiger partial charge in [0.15, 0.2) is 11.5 Å². The van der Waals surface area contributed by atoms with E-state index in [9.17, 15) is 0 Å². The molecule has 0 radical (unpaired) electrons. The summed E-state index contributed by atoms with van der Waals surface area (Å²) in [5.41, 5.74) is 1.11. The second kappa shape index (κ2) is 11.3. The molecule has 0 bridgehead atoms. The average Bonchev–Trinajstić information content (AvgIpc) is 2.56. The Bertz CT molecular complexity index is 409. The van der Waals surface area contributed by atoms with E-state index in [1.807, 2.05) is 12.1 Å². The Labute approximate surface area is 134 Å². The number of methoxy groups -OCH3 is 2. The molecule has 0 aromatic heterocycles. The largest absolute Gasteiger partial charge is 0.493 e. The van der Waals surface area contributed by atoms with E-state index < -0.39 is 0 Å². The Hall–Kier alpha value is -1.30. The highest BCUT2D eigenvalue weighted by Crippen LogP contribution is 2.30. The van der Waals surface area contributed by atoms with Gasteiger partial charge in [-0.25, -0.2) is 0 Å². The van der Waals surface area contributed by atoms with Crippen LogP contribution in [0.4, 0.5) is 0 Å². The van der Waals surface area contributed by atoms with Crippen molar-refractivity contribution in [2.75, 3.05) is 53.6 Å². The van der Waals surface area contributed by atoms with Crippen molar-refractivity contribution in [3.8, 4) is 11.5 Å². The quantitative estimate of drug-likeness (QED) is 0.599. The van der Waals surface area contributed by atoms with Gasteiger partial charge >= 0.3 is 0 Å². The van der Waals surface area contributed by atoms with Crippen LogP contribution in [0.15, 0.2) is 18.2 Å². The van der Waals surface area contributed by atoms with E-state index in [2.05, 4.69) is 30.1 Å². The Morgan fingerprint density at radius 2 is 1.86 bits per heavy atom. The third-order valence-electron chi connectivity index (χ3n) is 3.63. The highest BCUT2D eigenvalue weighted by Gasteiger charge is 2.10. The van der Waals surface area contributed by atoms with E-state index in [-0.39, 0.29) is 0 Å². The maximum absolute atomic E-state index is 5.82. The number of para-hydroxylation sites is 1. The lowest BCUT2D eigenvalue weighted by Crippen LogP contribution is -2.31. The Morgan fingerprint density at radius 3 is 2.50 bits per heavy atom. The highest BCUT2D eigenvalue weighted by atomic mass is 16.5. The fourth-order valence-corrected chi connectivity index (χ4v) is 2.25. The first-order chi connectivity index (χ1) is 10.8. The standard InChI is InChI=1S/C17H30N2O3/c1-5-19(6-2)11-10-18-14-15-8-7-9-16(21-4)17(15)22-13-12-20-3/h7-9,18H,5-6,10-14H2,1-4H3. The van der Waals surface area contributed by atoms with Gasteiger partial charge in [-0.1, -0.05) is 26.0 Å². The number of likely N-dealkylation sites (N-methyl/N-ethyl adjacent to an activating group) is 1. The molecule has 1 rings (SSSR count). The number of hydrogen-bond donors (Lipinski definition) is 1. The molecular formula is C17H30N2O3. The maximum atomic E-state index is 5.82. The highest BCUT2D eigenvalue weighted by molar-refractivity contribution is 5.46. The van der Waals surface area contributed by atoms with Crippen LogP contribution in [0.2, 0.25) is 0 Å². The summed E-state index contributed by atoms with van der Waals surface area (Å²) in [5.74, 6) is 1.57. The van der Waals surface area contributed by atoms with Crippen molar-refractivity contribution in [3.63, 3.8) is 0 Å². The predicted octanol–water partition coefficient (Wildman–Crippen LogP) is 2.15. The number of nitrogens with zero attached hydrogens (tertiary/aromatic N) is 1. The van der Waals surface area contributed by atoms with Gasteiger partial charge in [-0.15, -0.1) is 0 Å². The number of benzene rings is 1. The molecule has 0 saturated heterocycles. The van der Waals surface area contributed by atoms with Crippen molar-refractivity contribution in [2.24, 2.45) is 0 Å². The van der Waals surface area contributed by atoms with Crippen molar-refractivity contribution in [1.29, 1.82) is 0 Å². The molecule has 0 aliphatic carbocycles. The first-order valence-corrected chi connectivity index (χ1v) is 7.97. The first kappa shape index (κ1) is 18.7. The molecule has 0 saturated carbocycles. The number of nitrogens with one attached hydrogen (secondary N) is 1. The maximum Gasteiger partial charge on any atom is 0.165 e. The summed E-state index contributed by atoms with van der Waals surface area (Å²) in [5, 5.41) is 3.47. The average molecular weight is 310 g/mol. The zero-order valence-electron chi connectivity index (χ0n) is 14.4. The summed E-state index contributed by atoms with van der Waals surface area (Å²) in [7, 11) is 3.33. The molecule has 0 atom stereocenters. The molecule has 1 aromatic rings. The zero-order chi connectivity index (χ0) is 16.2. The molecule has 1 aromatic carbocycles. The van der Waals surface area contributed by atoms with E-state index in [0.717, 1.165) is 49.8 Å². The molecule has 5 heteroatoms. The minimum absolute atomic E-state index is 0.517. The van der Waals surface area contributed by atoms with Crippen molar-refractivity contribution >= 4 is 0 Å². The normalized spacial score (nSPS) is 11.0. The lowest BCUT2D eigenvalue weighted by atomic mass is 10.2. The summed E-state index contributed by atoms with van der Waals surface area (Å²) >= 11 is 0. The fourth-order valence-electron chi connectivity index (χ4n) is 2.25.